The van der Waals surface area contributed by atoms with Gasteiger partial charge in [-0.05, 0) is 29.4 Å². The predicted octanol–water partition coefficient (Wildman–Crippen LogP) is 4.06. The maximum absolute atomic E-state index is 13.7. The second kappa shape index (κ2) is 7.11. The van der Waals surface area contributed by atoms with Crippen molar-refractivity contribution in [1.29, 1.82) is 0 Å². The first-order valence-electron chi connectivity index (χ1n) is 8.45. The van der Waals surface area contributed by atoms with Crippen LogP contribution in [0.25, 0.3) is 11.5 Å². The van der Waals surface area contributed by atoms with Crippen LogP contribution < -0.4 is 9.64 Å². The lowest BCUT2D eigenvalue weighted by Gasteiger charge is -2.31. The molecule has 0 spiro atoms. The molecule has 7 heteroatoms. The van der Waals surface area contributed by atoms with Gasteiger partial charge in [-0.1, -0.05) is 18.2 Å². The predicted molar refractivity (Wildman–Crippen MR) is 92.0 cm³/mol. The Morgan fingerprint density at radius 1 is 1.04 bits per heavy atom. The van der Waals surface area contributed by atoms with Gasteiger partial charge in [0.25, 0.3) is 11.8 Å². The molecule has 3 aromatic rings. The van der Waals surface area contributed by atoms with Crippen molar-refractivity contribution >= 4 is 5.95 Å². The van der Waals surface area contributed by atoms with E-state index in [0.29, 0.717) is 37.8 Å². The van der Waals surface area contributed by atoms with E-state index in [9.17, 15) is 8.78 Å². The van der Waals surface area contributed by atoms with Gasteiger partial charge < -0.3 is 14.2 Å². The molecule has 1 aliphatic rings. The van der Waals surface area contributed by atoms with Crippen LogP contribution in [0.2, 0.25) is 0 Å². The van der Waals surface area contributed by atoms with Crippen molar-refractivity contribution in [3.05, 3.63) is 60.2 Å². The molecule has 0 aliphatic carbocycles. The summed E-state index contributed by atoms with van der Waals surface area (Å²) in [6.07, 6.45) is 1.24. The highest BCUT2D eigenvalue weighted by atomic mass is 19.1. The quantitative estimate of drug-likeness (QED) is 0.705. The molecule has 1 aromatic heterocycles. The first kappa shape index (κ1) is 16.5. The Morgan fingerprint density at radius 2 is 1.81 bits per heavy atom. The van der Waals surface area contributed by atoms with Crippen LogP contribution in [-0.2, 0) is 0 Å². The van der Waals surface area contributed by atoms with Crippen molar-refractivity contribution in [2.75, 3.05) is 18.0 Å². The number of ether oxygens (including phenoxy) is 1. The first-order valence-corrected chi connectivity index (χ1v) is 8.45. The number of hydrogen-bond acceptors (Lipinski definition) is 5. The maximum Gasteiger partial charge on any atom is 0.266 e. The van der Waals surface area contributed by atoms with E-state index in [1.54, 1.807) is 0 Å². The molecule has 0 N–H and O–H groups in total. The van der Waals surface area contributed by atoms with Crippen molar-refractivity contribution in [1.82, 2.24) is 10.1 Å². The van der Waals surface area contributed by atoms with E-state index >= 15 is 0 Å². The maximum atomic E-state index is 13.7. The standard InChI is InChI=1S/C19H17F2N3O2/c20-14-6-7-17(16(21)12-14)25-15-8-10-24(11-9-15)19-22-18(26-23-19)13-4-2-1-3-5-13/h1-7,12,15H,8-11H2. The molecule has 0 amide bonds. The average molecular weight is 357 g/mol. The summed E-state index contributed by atoms with van der Waals surface area (Å²) in [5, 5.41) is 4.05. The largest absolute Gasteiger partial charge is 0.487 e. The average Bonchev–Trinajstić information content (AvgIpc) is 3.16. The molecule has 1 aliphatic heterocycles. The minimum absolute atomic E-state index is 0.0794. The lowest BCUT2D eigenvalue weighted by atomic mass is 10.1. The van der Waals surface area contributed by atoms with E-state index in [4.69, 9.17) is 9.26 Å². The van der Waals surface area contributed by atoms with Crippen LogP contribution in [0, 0.1) is 11.6 Å². The Balaban J connectivity index is 1.37. The lowest BCUT2D eigenvalue weighted by Crippen LogP contribution is -2.38. The molecule has 134 valence electrons. The summed E-state index contributed by atoms with van der Waals surface area (Å²) in [4.78, 5) is 6.45. The molecular weight excluding hydrogens is 340 g/mol. The topological polar surface area (TPSA) is 51.4 Å². The van der Waals surface area contributed by atoms with Crippen molar-refractivity contribution in [2.45, 2.75) is 18.9 Å². The van der Waals surface area contributed by atoms with E-state index < -0.39 is 11.6 Å². The third-order valence-electron chi connectivity index (χ3n) is 4.35. The Labute approximate surface area is 149 Å². The van der Waals surface area contributed by atoms with E-state index in [1.165, 1.54) is 12.1 Å². The summed E-state index contributed by atoms with van der Waals surface area (Å²) in [5.74, 6) is -0.201. The number of aromatic nitrogens is 2. The fourth-order valence-electron chi connectivity index (χ4n) is 2.97. The fourth-order valence-corrected chi connectivity index (χ4v) is 2.97. The van der Waals surface area contributed by atoms with E-state index in [0.717, 1.165) is 11.6 Å². The molecule has 1 saturated heterocycles. The monoisotopic (exact) mass is 357 g/mol. The molecule has 1 fully saturated rings. The molecule has 26 heavy (non-hydrogen) atoms. The van der Waals surface area contributed by atoms with Gasteiger partial charge in [-0.15, -0.1) is 0 Å². The Hall–Kier alpha value is -2.96. The second-order valence-corrected chi connectivity index (χ2v) is 6.14. The van der Waals surface area contributed by atoms with Crippen molar-refractivity contribution in [3.8, 4) is 17.2 Å². The summed E-state index contributed by atoms with van der Waals surface area (Å²) in [5.41, 5.74) is 0.872. The van der Waals surface area contributed by atoms with E-state index in [1.807, 2.05) is 35.2 Å². The van der Waals surface area contributed by atoms with Gasteiger partial charge in [0, 0.05) is 37.6 Å². The smallest absolute Gasteiger partial charge is 0.266 e. The zero-order valence-electron chi connectivity index (χ0n) is 13.9. The molecule has 4 rings (SSSR count). The Bertz CT molecular complexity index is 878. The van der Waals surface area contributed by atoms with Gasteiger partial charge in [-0.25, -0.2) is 8.78 Å². The van der Waals surface area contributed by atoms with Crippen molar-refractivity contribution in [2.24, 2.45) is 0 Å². The number of piperidine rings is 1. The summed E-state index contributed by atoms with van der Waals surface area (Å²) in [6.45, 7) is 1.34. The number of hydrogen-bond donors (Lipinski definition) is 0. The van der Waals surface area contributed by atoms with Gasteiger partial charge in [-0.2, -0.15) is 4.98 Å². The highest BCUT2D eigenvalue weighted by Gasteiger charge is 2.24. The molecule has 0 atom stereocenters. The van der Waals surface area contributed by atoms with Gasteiger partial charge in [-0.3, -0.25) is 0 Å². The third kappa shape index (κ3) is 3.51. The highest BCUT2D eigenvalue weighted by molar-refractivity contribution is 5.54. The number of nitrogens with zero attached hydrogens (tertiary/aromatic N) is 3. The zero-order chi connectivity index (χ0) is 17.9. The van der Waals surface area contributed by atoms with Crippen LogP contribution in [0.4, 0.5) is 14.7 Å². The lowest BCUT2D eigenvalue weighted by molar-refractivity contribution is 0.163. The molecule has 0 bridgehead atoms. The van der Waals surface area contributed by atoms with Gasteiger partial charge >= 0.3 is 0 Å². The van der Waals surface area contributed by atoms with Gasteiger partial charge in [0.05, 0.1) is 0 Å². The summed E-state index contributed by atoms with van der Waals surface area (Å²) < 4.78 is 37.7. The molecule has 0 saturated carbocycles. The number of rotatable bonds is 4. The Kier molecular flexibility index (Phi) is 4.51. The SMILES string of the molecule is Fc1ccc(OC2CCN(c3noc(-c4ccccc4)n3)CC2)c(F)c1. The van der Waals surface area contributed by atoms with E-state index in [-0.39, 0.29) is 11.9 Å². The molecule has 5 nitrogen and oxygen atoms in total. The van der Waals surface area contributed by atoms with Gasteiger partial charge in [0.15, 0.2) is 11.6 Å². The summed E-state index contributed by atoms with van der Waals surface area (Å²) in [6, 6.07) is 12.9. The van der Waals surface area contributed by atoms with Crippen LogP contribution in [0.5, 0.6) is 5.75 Å². The molecular formula is C19H17F2N3O2. The normalized spacial score (nSPS) is 15.2. The van der Waals surface area contributed by atoms with Crippen LogP contribution in [0.15, 0.2) is 53.1 Å². The minimum Gasteiger partial charge on any atom is -0.487 e. The Morgan fingerprint density at radius 3 is 2.54 bits per heavy atom. The van der Waals surface area contributed by atoms with Crippen molar-refractivity contribution < 1.29 is 18.0 Å². The van der Waals surface area contributed by atoms with Crippen molar-refractivity contribution in [3.63, 3.8) is 0 Å². The zero-order valence-corrected chi connectivity index (χ0v) is 13.9. The first-order chi connectivity index (χ1) is 12.7. The number of benzene rings is 2. The summed E-state index contributed by atoms with van der Waals surface area (Å²) in [7, 11) is 0. The second-order valence-electron chi connectivity index (χ2n) is 6.14. The van der Waals surface area contributed by atoms with Crippen LogP contribution in [0.3, 0.4) is 0 Å². The van der Waals surface area contributed by atoms with Gasteiger partial charge in [0.1, 0.15) is 11.9 Å². The summed E-state index contributed by atoms with van der Waals surface area (Å²) >= 11 is 0. The number of anilines is 1. The van der Waals surface area contributed by atoms with Gasteiger partial charge in [0.2, 0.25) is 0 Å². The van der Waals surface area contributed by atoms with Crippen LogP contribution in [-0.4, -0.2) is 29.3 Å². The fraction of sp³-hybridized carbons (Fsp3) is 0.263. The number of halogens is 2. The van der Waals surface area contributed by atoms with Crippen LogP contribution in [0.1, 0.15) is 12.8 Å². The third-order valence-corrected chi connectivity index (χ3v) is 4.35. The van der Waals surface area contributed by atoms with Crippen LogP contribution >= 0.6 is 0 Å². The molecule has 2 heterocycles. The molecule has 0 radical (unpaired) electrons. The molecule has 0 unspecified atom stereocenters. The van der Waals surface area contributed by atoms with E-state index in [2.05, 4.69) is 10.1 Å². The highest BCUT2D eigenvalue weighted by Crippen LogP contribution is 2.25. The molecule has 2 aromatic carbocycles. The minimum atomic E-state index is -0.682.